The lowest BCUT2D eigenvalue weighted by Gasteiger charge is -2.22. The lowest BCUT2D eigenvalue weighted by atomic mass is 10.2. The van der Waals surface area contributed by atoms with Crippen LogP contribution in [0.3, 0.4) is 0 Å². The molecule has 2 fully saturated rings. The molecule has 1 atom stereocenters. The van der Waals surface area contributed by atoms with E-state index < -0.39 is 10.0 Å². The molecule has 6 nitrogen and oxygen atoms in total. The van der Waals surface area contributed by atoms with E-state index in [1.165, 1.54) is 18.6 Å². The summed E-state index contributed by atoms with van der Waals surface area (Å²) in [5, 5.41) is 3.69. The van der Waals surface area contributed by atoms with E-state index in [0.717, 1.165) is 12.8 Å². The summed E-state index contributed by atoms with van der Waals surface area (Å²) in [6.45, 7) is 4.76. The topological polar surface area (TPSA) is 69.7 Å². The van der Waals surface area contributed by atoms with Gasteiger partial charge in [0.1, 0.15) is 0 Å². The van der Waals surface area contributed by atoms with E-state index in [9.17, 15) is 13.2 Å². The molecule has 2 aliphatic heterocycles. The highest BCUT2D eigenvalue weighted by Gasteiger charge is 2.26. The van der Waals surface area contributed by atoms with Crippen LogP contribution in [0.25, 0.3) is 0 Å². The van der Waals surface area contributed by atoms with Gasteiger partial charge in [-0.15, -0.1) is 0 Å². The van der Waals surface area contributed by atoms with Gasteiger partial charge < -0.3 is 10.2 Å². The zero-order valence-electron chi connectivity index (χ0n) is 14.7. The second-order valence-electron chi connectivity index (χ2n) is 6.56. The van der Waals surface area contributed by atoms with Gasteiger partial charge >= 0.3 is 6.03 Å². The van der Waals surface area contributed by atoms with E-state index in [2.05, 4.69) is 5.32 Å². The van der Waals surface area contributed by atoms with Gasteiger partial charge in [-0.25, -0.2) is 17.5 Å². The van der Waals surface area contributed by atoms with E-state index in [1.54, 1.807) is 9.21 Å². The summed E-state index contributed by atoms with van der Waals surface area (Å²) in [4.78, 5) is 14.1. The molecular formula is C16H31N3O3S2. The van der Waals surface area contributed by atoms with Crippen LogP contribution < -0.4 is 5.32 Å². The van der Waals surface area contributed by atoms with Crippen molar-refractivity contribution >= 4 is 27.8 Å². The van der Waals surface area contributed by atoms with Gasteiger partial charge in [0.25, 0.3) is 0 Å². The van der Waals surface area contributed by atoms with E-state index in [-0.39, 0.29) is 11.8 Å². The summed E-state index contributed by atoms with van der Waals surface area (Å²) in [5.41, 5.74) is 0. The second kappa shape index (κ2) is 9.87. The first-order valence-electron chi connectivity index (χ1n) is 9.15. The standard InChI is InChI=1S/C16H31N3O3S2/c1-2-3-14-24(21,22)19-10-5-9-18(11-12-19)16(20)17-8-7-15-6-4-13-23-15/h15H,2-14H2,1H3,(H,17,20). The fourth-order valence-electron chi connectivity index (χ4n) is 3.15. The molecule has 1 unspecified atom stereocenters. The summed E-state index contributed by atoms with van der Waals surface area (Å²) < 4.78 is 26.2. The molecule has 0 bridgehead atoms. The average Bonchev–Trinajstić information content (AvgIpc) is 2.94. The van der Waals surface area contributed by atoms with Crippen LogP contribution >= 0.6 is 11.8 Å². The highest BCUT2D eigenvalue weighted by Crippen LogP contribution is 2.28. The number of nitrogens with zero attached hydrogens (tertiary/aromatic N) is 2. The summed E-state index contributed by atoms with van der Waals surface area (Å²) in [7, 11) is -3.17. The minimum atomic E-state index is -3.17. The van der Waals surface area contributed by atoms with Gasteiger partial charge in [0.2, 0.25) is 10.0 Å². The number of amides is 2. The van der Waals surface area contributed by atoms with Crippen LogP contribution in [0.2, 0.25) is 0 Å². The van der Waals surface area contributed by atoms with Crippen LogP contribution in [0.15, 0.2) is 0 Å². The molecule has 0 aromatic carbocycles. The molecule has 8 heteroatoms. The lowest BCUT2D eigenvalue weighted by molar-refractivity contribution is 0.200. The number of carbonyl (C=O) groups is 1. The van der Waals surface area contributed by atoms with Crippen LogP contribution in [-0.2, 0) is 10.0 Å². The molecule has 0 radical (unpaired) electrons. The molecule has 1 N–H and O–H groups in total. The van der Waals surface area contributed by atoms with Crippen molar-refractivity contribution in [2.24, 2.45) is 0 Å². The van der Waals surface area contributed by atoms with Crippen molar-refractivity contribution in [1.29, 1.82) is 0 Å². The number of sulfonamides is 1. The number of carbonyl (C=O) groups excluding carboxylic acids is 1. The van der Waals surface area contributed by atoms with Crippen LogP contribution in [0.5, 0.6) is 0 Å². The van der Waals surface area contributed by atoms with E-state index >= 15 is 0 Å². The normalized spacial score (nSPS) is 23.2. The number of nitrogens with one attached hydrogen (secondary N) is 1. The van der Waals surface area contributed by atoms with Crippen molar-refractivity contribution in [3.05, 3.63) is 0 Å². The summed E-state index contributed by atoms with van der Waals surface area (Å²) >= 11 is 2.00. The van der Waals surface area contributed by atoms with Gasteiger partial charge in [0.05, 0.1) is 5.75 Å². The first-order chi connectivity index (χ1) is 11.5. The van der Waals surface area contributed by atoms with Crippen molar-refractivity contribution in [1.82, 2.24) is 14.5 Å². The van der Waals surface area contributed by atoms with E-state index in [1.807, 2.05) is 18.7 Å². The molecule has 2 saturated heterocycles. The third-order valence-electron chi connectivity index (χ3n) is 4.66. The van der Waals surface area contributed by atoms with E-state index in [4.69, 9.17) is 0 Å². The first-order valence-corrected chi connectivity index (χ1v) is 11.8. The fraction of sp³-hybridized carbons (Fsp3) is 0.938. The van der Waals surface area contributed by atoms with Crippen LogP contribution in [-0.4, -0.2) is 73.1 Å². The SMILES string of the molecule is CCCCS(=O)(=O)N1CCCN(C(=O)NCCC2CCCS2)CC1. The third-order valence-corrected chi connectivity index (χ3v) is 8.08. The van der Waals surface area contributed by atoms with Crippen molar-refractivity contribution in [2.45, 2.75) is 50.7 Å². The molecule has 2 rings (SSSR count). The van der Waals surface area contributed by atoms with Gasteiger partial charge in [-0.1, -0.05) is 13.3 Å². The predicted octanol–water partition coefficient (Wildman–Crippen LogP) is 2.12. The molecule has 0 aliphatic carbocycles. The van der Waals surface area contributed by atoms with Gasteiger partial charge in [0.15, 0.2) is 0 Å². The largest absolute Gasteiger partial charge is 0.338 e. The molecule has 0 spiro atoms. The Morgan fingerprint density at radius 2 is 2.04 bits per heavy atom. The minimum absolute atomic E-state index is 0.0502. The Bertz CT molecular complexity index is 493. The van der Waals surface area contributed by atoms with Gasteiger partial charge in [-0.05, 0) is 37.9 Å². The van der Waals surface area contributed by atoms with Gasteiger partial charge in [-0.2, -0.15) is 11.8 Å². The van der Waals surface area contributed by atoms with Gasteiger partial charge in [0, 0.05) is 38.0 Å². The maximum Gasteiger partial charge on any atom is 0.317 e. The average molecular weight is 378 g/mol. The number of urea groups is 1. The predicted molar refractivity (Wildman–Crippen MR) is 100.0 cm³/mol. The fourth-order valence-corrected chi connectivity index (χ4v) is 6.12. The smallest absolute Gasteiger partial charge is 0.317 e. The van der Waals surface area contributed by atoms with Crippen LogP contribution in [0.4, 0.5) is 4.79 Å². The molecular weight excluding hydrogens is 346 g/mol. The number of thioether (sulfide) groups is 1. The summed E-state index contributed by atoms with van der Waals surface area (Å²) in [6.07, 6.45) is 5.86. The molecule has 0 aromatic heterocycles. The Labute approximate surface area is 150 Å². The van der Waals surface area contributed by atoms with Crippen LogP contribution in [0.1, 0.15) is 45.4 Å². The van der Waals surface area contributed by atoms with Crippen LogP contribution in [0, 0.1) is 0 Å². The summed E-state index contributed by atoms with van der Waals surface area (Å²) in [6, 6.07) is -0.0502. The Morgan fingerprint density at radius 1 is 1.21 bits per heavy atom. The monoisotopic (exact) mass is 377 g/mol. The Kier molecular flexibility index (Phi) is 8.16. The molecule has 0 saturated carbocycles. The van der Waals surface area contributed by atoms with E-state index in [0.29, 0.717) is 50.8 Å². The number of unbranched alkanes of at least 4 members (excludes halogenated alkanes) is 1. The molecule has 2 heterocycles. The molecule has 140 valence electrons. The maximum absolute atomic E-state index is 12.3. The first kappa shape index (κ1) is 19.8. The number of hydrogen-bond acceptors (Lipinski definition) is 4. The van der Waals surface area contributed by atoms with Crippen molar-refractivity contribution in [3.8, 4) is 0 Å². The highest BCUT2D eigenvalue weighted by molar-refractivity contribution is 8.00. The third kappa shape index (κ3) is 6.11. The van der Waals surface area contributed by atoms with Gasteiger partial charge in [-0.3, -0.25) is 0 Å². The van der Waals surface area contributed by atoms with Crippen molar-refractivity contribution in [2.75, 3.05) is 44.2 Å². The second-order valence-corrected chi connectivity index (χ2v) is 10.1. The maximum atomic E-state index is 12.3. The van der Waals surface area contributed by atoms with Crippen molar-refractivity contribution in [3.63, 3.8) is 0 Å². The Hall–Kier alpha value is -0.470. The lowest BCUT2D eigenvalue weighted by Crippen LogP contribution is -2.43. The number of hydrogen-bond donors (Lipinski definition) is 1. The molecule has 2 aliphatic rings. The molecule has 0 aromatic rings. The number of rotatable bonds is 7. The summed E-state index contributed by atoms with van der Waals surface area (Å²) in [5.74, 6) is 1.46. The van der Waals surface area contributed by atoms with Crippen molar-refractivity contribution < 1.29 is 13.2 Å². The quantitative estimate of drug-likeness (QED) is 0.738. The minimum Gasteiger partial charge on any atom is -0.338 e. The molecule has 24 heavy (non-hydrogen) atoms. The Balaban J connectivity index is 1.74. The zero-order valence-corrected chi connectivity index (χ0v) is 16.3. The Morgan fingerprint density at radius 3 is 2.75 bits per heavy atom. The molecule has 2 amide bonds. The highest BCUT2D eigenvalue weighted by atomic mass is 32.2. The zero-order chi connectivity index (χ0) is 17.4.